The number of para-hydroxylation sites is 1. The summed E-state index contributed by atoms with van der Waals surface area (Å²) in [5.41, 5.74) is 1.98. The Morgan fingerprint density at radius 1 is 0.964 bits per heavy atom. The SMILES string of the molecule is O=C(c1ncn(C[C@@H](O)c2ccccc2)n1)N1CCN(c2ccccc2)CC1. The fourth-order valence-electron chi connectivity index (χ4n) is 3.39. The van der Waals surface area contributed by atoms with Gasteiger partial charge in [-0.05, 0) is 17.7 Å². The van der Waals surface area contributed by atoms with Crippen molar-refractivity contribution in [1.29, 1.82) is 0 Å². The summed E-state index contributed by atoms with van der Waals surface area (Å²) in [5.74, 6) is 0.00841. The smallest absolute Gasteiger partial charge is 0.293 e. The van der Waals surface area contributed by atoms with Crippen LogP contribution in [0.25, 0.3) is 0 Å². The van der Waals surface area contributed by atoms with E-state index in [0.29, 0.717) is 13.1 Å². The number of aromatic nitrogens is 3. The highest BCUT2D eigenvalue weighted by atomic mass is 16.3. The van der Waals surface area contributed by atoms with Crippen molar-refractivity contribution >= 4 is 11.6 Å². The molecule has 4 rings (SSSR count). The molecule has 1 amide bonds. The maximum atomic E-state index is 12.7. The Morgan fingerprint density at radius 2 is 1.61 bits per heavy atom. The van der Waals surface area contributed by atoms with Gasteiger partial charge in [-0.15, -0.1) is 5.10 Å². The van der Waals surface area contributed by atoms with Gasteiger partial charge in [0.2, 0.25) is 5.82 Å². The Morgan fingerprint density at radius 3 is 2.29 bits per heavy atom. The Kier molecular flexibility index (Phi) is 5.34. The summed E-state index contributed by atoms with van der Waals surface area (Å²) in [6.07, 6.45) is 0.805. The molecule has 1 fully saturated rings. The quantitative estimate of drug-likeness (QED) is 0.736. The molecule has 0 unspecified atom stereocenters. The average molecular weight is 377 g/mol. The lowest BCUT2D eigenvalue weighted by molar-refractivity contribution is 0.0733. The third-order valence-electron chi connectivity index (χ3n) is 4.96. The fraction of sp³-hybridized carbons (Fsp3) is 0.286. The number of rotatable bonds is 5. The van der Waals surface area contributed by atoms with E-state index in [9.17, 15) is 9.90 Å². The van der Waals surface area contributed by atoms with Gasteiger partial charge in [0.05, 0.1) is 12.6 Å². The summed E-state index contributed by atoms with van der Waals surface area (Å²) >= 11 is 0. The molecule has 1 aliphatic heterocycles. The summed E-state index contributed by atoms with van der Waals surface area (Å²) in [7, 11) is 0. The van der Waals surface area contributed by atoms with E-state index in [1.807, 2.05) is 48.5 Å². The molecule has 0 bridgehead atoms. The summed E-state index contributed by atoms with van der Waals surface area (Å²) in [6.45, 7) is 3.09. The van der Waals surface area contributed by atoms with Gasteiger partial charge in [-0.2, -0.15) is 0 Å². The molecule has 7 nitrogen and oxygen atoms in total. The number of benzene rings is 2. The highest BCUT2D eigenvalue weighted by Gasteiger charge is 2.25. The standard InChI is InChI=1S/C21H23N5O2/c27-19(17-7-3-1-4-8-17)15-26-16-22-20(23-26)21(28)25-13-11-24(12-14-25)18-9-5-2-6-10-18/h1-10,16,19,27H,11-15H2/t19-/m1/s1. The molecule has 1 N–H and O–H groups in total. The number of anilines is 1. The number of amides is 1. The monoisotopic (exact) mass is 377 g/mol. The second kappa shape index (κ2) is 8.22. The number of hydrogen-bond donors (Lipinski definition) is 1. The minimum absolute atomic E-state index is 0.166. The molecule has 0 spiro atoms. The molecule has 1 saturated heterocycles. The van der Waals surface area contributed by atoms with Crippen molar-refractivity contribution in [3.63, 3.8) is 0 Å². The predicted molar refractivity (Wildman–Crippen MR) is 106 cm³/mol. The number of aliphatic hydroxyl groups is 1. The first kappa shape index (κ1) is 18.2. The highest BCUT2D eigenvalue weighted by molar-refractivity contribution is 5.90. The Labute approximate surface area is 163 Å². The van der Waals surface area contributed by atoms with Crippen molar-refractivity contribution in [3.05, 3.63) is 78.4 Å². The number of carbonyl (C=O) groups excluding carboxylic acids is 1. The molecule has 2 aromatic carbocycles. The van der Waals surface area contributed by atoms with Crippen molar-refractivity contribution in [2.75, 3.05) is 31.1 Å². The van der Waals surface area contributed by atoms with Crippen LogP contribution < -0.4 is 4.90 Å². The van der Waals surface area contributed by atoms with Crippen LogP contribution in [0.5, 0.6) is 0 Å². The number of hydrogen-bond acceptors (Lipinski definition) is 5. The Bertz CT molecular complexity index is 905. The van der Waals surface area contributed by atoms with Crippen LogP contribution in [0.3, 0.4) is 0 Å². The third kappa shape index (κ3) is 4.04. The van der Waals surface area contributed by atoms with Gasteiger partial charge in [-0.1, -0.05) is 48.5 Å². The molecule has 1 aliphatic rings. The van der Waals surface area contributed by atoms with E-state index in [1.54, 1.807) is 4.90 Å². The first-order valence-corrected chi connectivity index (χ1v) is 9.42. The minimum Gasteiger partial charge on any atom is -0.386 e. The molecule has 1 atom stereocenters. The van der Waals surface area contributed by atoms with Crippen LogP contribution in [-0.2, 0) is 6.54 Å². The minimum atomic E-state index is -0.694. The lowest BCUT2D eigenvalue weighted by atomic mass is 10.1. The van der Waals surface area contributed by atoms with Crippen molar-refractivity contribution < 1.29 is 9.90 Å². The molecule has 3 aromatic rings. The molecular weight excluding hydrogens is 354 g/mol. The van der Waals surface area contributed by atoms with E-state index < -0.39 is 6.10 Å². The molecule has 7 heteroatoms. The van der Waals surface area contributed by atoms with Crippen molar-refractivity contribution in [2.45, 2.75) is 12.6 Å². The molecule has 144 valence electrons. The van der Waals surface area contributed by atoms with Crippen LogP contribution in [0.1, 0.15) is 22.3 Å². The first-order chi connectivity index (χ1) is 13.7. The second-order valence-electron chi connectivity index (χ2n) is 6.83. The maximum absolute atomic E-state index is 12.7. The summed E-state index contributed by atoms with van der Waals surface area (Å²) in [6, 6.07) is 19.6. The van der Waals surface area contributed by atoms with Gasteiger partial charge < -0.3 is 14.9 Å². The van der Waals surface area contributed by atoms with Crippen LogP contribution in [0.15, 0.2) is 67.0 Å². The molecule has 28 heavy (non-hydrogen) atoms. The zero-order chi connectivity index (χ0) is 19.3. The number of carbonyl (C=O) groups is 1. The second-order valence-corrected chi connectivity index (χ2v) is 6.83. The molecule has 0 saturated carbocycles. The van der Waals surface area contributed by atoms with Crippen molar-refractivity contribution in [2.24, 2.45) is 0 Å². The van der Waals surface area contributed by atoms with Crippen LogP contribution in [-0.4, -0.2) is 56.9 Å². The zero-order valence-electron chi connectivity index (χ0n) is 15.6. The highest BCUT2D eigenvalue weighted by Crippen LogP contribution is 2.17. The van der Waals surface area contributed by atoms with E-state index in [2.05, 4.69) is 27.1 Å². The lowest BCUT2D eigenvalue weighted by Crippen LogP contribution is -2.49. The fourth-order valence-corrected chi connectivity index (χ4v) is 3.39. The Hall–Kier alpha value is -3.19. The van der Waals surface area contributed by atoms with Gasteiger partial charge in [-0.3, -0.25) is 4.79 Å². The average Bonchev–Trinajstić information content (AvgIpc) is 3.23. The molecule has 2 heterocycles. The maximum Gasteiger partial charge on any atom is 0.293 e. The molecule has 0 aliphatic carbocycles. The van der Waals surface area contributed by atoms with E-state index in [4.69, 9.17) is 0 Å². The Balaban J connectivity index is 1.35. The van der Waals surface area contributed by atoms with Gasteiger partial charge in [0.15, 0.2) is 0 Å². The molecular formula is C21H23N5O2. The van der Waals surface area contributed by atoms with Gasteiger partial charge in [0, 0.05) is 31.9 Å². The van der Waals surface area contributed by atoms with Gasteiger partial charge in [0.1, 0.15) is 6.33 Å². The van der Waals surface area contributed by atoms with Gasteiger partial charge >= 0.3 is 0 Å². The number of nitrogens with zero attached hydrogens (tertiary/aromatic N) is 5. The predicted octanol–water partition coefficient (Wildman–Crippen LogP) is 1.97. The van der Waals surface area contributed by atoms with Crippen molar-refractivity contribution in [1.82, 2.24) is 19.7 Å². The van der Waals surface area contributed by atoms with E-state index in [-0.39, 0.29) is 18.3 Å². The largest absolute Gasteiger partial charge is 0.386 e. The van der Waals surface area contributed by atoms with Gasteiger partial charge in [0.25, 0.3) is 5.91 Å². The van der Waals surface area contributed by atoms with E-state index >= 15 is 0 Å². The van der Waals surface area contributed by atoms with Crippen LogP contribution in [0.2, 0.25) is 0 Å². The zero-order valence-corrected chi connectivity index (χ0v) is 15.6. The summed E-state index contributed by atoms with van der Waals surface area (Å²) < 4.78 is 1.52. The first-order valence-electron chi connectivity index (χ1n) is 9.42. The van der Waals surface area contributed by atoms with E-state index in [0.717, 1.165) is 18.7 Å². The summed E-state index contributed by atoms with van der Waals surface area (Å²) in [5, 5.41) is 14.6. The third-order valence-corrected chi connectivity index (χ3v) is 4.96. The van der Waals surface area contributed by atoms with E-state index in [1.165, 1.54) is 16.7 Å². The van der Waals surface area contributed by atoms with Crippen LogP contribution >= 0.6 is 0 Å². The lowest BCUT2D eigenvalue weighted by Gasteiger charge is -2.35. The topological polar surface area (TPSA) is 74.5 Å². The summed E-state index contributed by atoms with van der Waals surface area (Å²) in [4.78, 5) is 20.9. The number of piperazine rings is 1. The normalized spacial score (nSPS) is 15.5. The number of aliphatic hydroxyl groups excluding tert-OH is 1. The molecule has 0 radical (unpaired) electrons. The van der Waals surface area contributed by atoms with Gasteiger partial charge in [-0.25, -0.2) is 9.67 Å². The van der Waals surface area contributed by atoms with Crippen molar-refractivity contribution in [3.8, 4) is 0 Å². The van der Waals surface area contributed by atoms with Crippen LogP contribution in [0.4, 0.5) is 5.69 Å². The molecule has 1 aromatic heterocycles. The van der Waals surface area contributed by atoms with Crippen LogP contribution in [0, 0.1) is 0 Å².